The van der Waals surface area contributed by atoms with Gasteiger partial charge in [0.25, 0.3) is 11.8 Å². The Balaban J connectivity index is 1.45. The standard InChI is InChI=1S/C23H28N6O2S/c1-15-18-13-20(32-23(18)29(27-15)17-7-5-4-6-8-17)22(31)26-16-9-10-19(25-14-16)21(30)24-11-12-28(2)3/h7,9-10,13-14H,4-6,8,11-12H2,1-3H3,(H,24,30)(H,26,31). The molecule has 0 fully saturated rings. The Morgan fingerprint density at radius 2 is 2.06 bits per heavy atom. The third-order valence-electron chi connectivity index (χ3n) is 5.41. The van der Waals surface area contributed by atoms with Gasteiger partial charge in [-0.2, -0.15) is 5.10 Å². The molecule has 9 heteroatoms. The Morgan fingerprint density at radius 1 is 1.22 bits per heavy atom. The second kappa shape index (κ2) is 9.62. The minimum Gasteiger partial charge on any atom is -0.349 e. The molecule has 1 aliphatic carbocycles. The highest BCUT2D eigenvalue weighted by Gasteiger charge is 2.19. The summed E-state index contributed by atoms with van der Waals surface area (Å²) >= 11 is 1.44. The topological polar surface area (TPSA) is 92.1 Å². The zero-order valence-electron chi connectivity index (χ0n) is 18.6. The van der Waals surface area contributed by atoms with Gasteiger partial charge >= 0.3 is 0 Å². The van der Waals surface area contributed by atoms with Gasteiger partial charge in [0.05, 0.1) is 22.5 Å². The molecule has 32 heavy (non-hydrogen) atoms. The van der Waals surface area contributed by atoms with E-state index in [0.29, 0.717) is 22.8 Å². The Morgan fingerprint density at radius 3 is 2.75 bits per heavy atom. The van der Waals surface area contributed by atoms with E-state index in [2.05, 4.69) is 21.7 Å². The number of allylic oxidation sites excluding steroid dienone is 2. The summed E-state index contributed by atoms with van der Waals surface area (Å²) < 4.78 is 2.00. The molecular weight excluding hydrogens is 424 g/mol. The van der Waals surface area contributed by atoms with E-state index in [-0.39, 0.29) is 11.8 Å². The number of nitrogens with zero attached hydrogens (tertiary/aromatic N) is 4. The lowest BCUT2D eigenvalue weighted by atomic mass is 10.1. The van der Waals surface area contributed by atoms with E-state index in [0.717, 1.165) is 35.3 Å². The van der Waals surface area contributed by atoms with Crippen molar-refractivity contribution in [3.05, 3.63) is 46.7 Å². The number of carbonyl (C=O) groups excluding carboxylic acids is 2. The van der Waals surface area contributed by atoms with Gasteiger partial charge in [0.1, 0.15) is 10.5 Å². The van der Waals surface area contributed by atoms with Crippen molar-refractivity contribution in [2.45, 2.75) is 32.6 Å². The van der Waals surface area contributed by atoms with Crippen LogP contribution in [0.3, 0.4) is 0 Å². The number of carbonyl (C=O) groups is 2. The molecule has 168 valence electrons. The van der Waals surface area contributed by atoms with Gasteiger partial charge in [0.2, 0.25) is 0 Å². The Kier molecular flexibility index (Phi) is 6.66. The number of nitrogens with one attached hydrogen (secondary N) is 2. The molecule has 2 amide bonds. The molecule has 2 N–H and O–H groups in total. The highest BCUT2D eigenvalue weighted by molar-refractivity contribution is 7.20. The SMILES string of the molecule is Cc1nn(C2=CCCCC2)c2sc(C(=O)Nc3ccc(C(=O)NCCN(C)C)nc3)cc12. The van der Waals surface area contributed by atoms with Crippen molar-refractivity contribution in [2.24, 2.45) is 0 Å². The molecule has 0 bridgehead atoms. The summed E-state index contributed by atoms with van der Waals surface area (Å²) in [6.45, 7) is 3.28. The van der Waals surface area contributed by atoms with Crippen LogP contribution in [0.1, 0.15) is 51.5 Å². The third kappa shape index (κ3) is 4.89. The molecule has 0 saturated heterocycles. The summed E-state index contributed by atoms with van der Waals surface area (Å²) in [4.78, 5) is 32.8. The first-order valence-corrected chi connectivity index (χ1v) is 11.6. The number of hydrogen-bond donors (Lipinski definition) is 2. The van der Waals surface area contributed by atoms with Crippen LogP contribution in [0.25, 0.3) is 15.9 Å². The summed E-state index contributed by atoms with van der Waals surface area (Å²) in [5.41, 5.74) is 3.01. The van der Waals surface area contributed by atoms with E-state index in [9.17, 15) is 9.59 Å². The van der Waals surface area contributed by atoms with Crippen molar-refractivity contribution in [3.8, 4) is 0 Å². The smallest absolute Gasteiger partial charge is 0.269 e. The number of aromatic nitrogens is 3. The predicted molar refractivity (Wildman–Crippen MR) is 128 cm³/mol. The van der Waals surface area contributed by atoms with Crippen molar-refractivity contribution < 1.29 is 9.59 Å². The maximum Gasteiger partial charge on any atom is 0.269 e. The number of rotatable bonds is 7. The molecule has 0 aromatic carbocycles. The molecule has 1 aliphatic rings. The monoisotopic (exact) mass is 452 g/mol. The number of likely N-dealkylation sites (N-methyl/N-ethyl adjacent to an activating group) is 1. The molecule has 0 aliphatic heterocycles. The van der Waals surface area contributed by atoms with E-state index < -0.39 is 0 Å². The van der Waals surface area contributed by atoms with Crippen LogP contribution in [-0.4, -0.2) is 58.7 Å². The zero-order chi connectivity index (χ0) is 22.7. The summed E-state index contributed by atoms with van der Waals surface area (Å²) in [6, 6.07) is 5.21. The number of hydrogen-bond acceptors (Lipinski definition) is 6. The van der Waals surface area contributed by atoms with Gasteiger partial charge in [0.15, 0.2) is 0 Å². The maximum absolute atomic E-state index is 12.8. The summed E-state index contributed by atoms with van der Waals surface area (Å²) in [7, 11) is 3.89. The van der Waals surface area contributed by atoms with Crippen LogP contribution in [0.5, 0.6) is 0 Å². The lowest BCUT2D eigenvalue weighted by Gasteiger charge is -2.12. The lowest BCUT2D eigenvalue weighted by Crippen LogP contribution is -2.31. The first-order chi connectivity index (χ1) is 15.4. The molecule has 3 aromatic heterocycles. The number of thiophene rings is 1. The molecule has 3 aromatic rings. The molecule has 0 radical (unpaired) electrons. The molecule has 0 atom stereocenters. The summed E-state index contributed by atoms with van der Waals surface area (Å²) in [5.74, 6) is -0.425. The molecule has 8 nitrogen and oxygen atoms in total. The minimum atomic E-state index is -0.230. The number of amides is 2. The first-order valence-electron chi connectivity index (χ1n) is 10.8. The number of aryl methyl sites for hydroxylation is 1. The first kappa shape index (κ1) is 22.2. The van der Waals surface area contributed by atoms with E-state index in [1.165, 1.54) is 36.1 Å². The van der Waals surface area contributed by atoms with E-state index in [4.69, 9.17) is 5.10 Å². The van der Waals surface area contributed by atoms with Crippen molar-refractivity contribution in [1.29, 1.82) is 0 Å². The molecule has 0 saturated carbocycles. The van der Waals surface area contributed by atoms with E-state index in [1.54, 1.807) is 12.1 Å². The average molecular weight is 453 g/mol. The fourth-order valence-corrected chi connectivity index (χ4v) is 4.74. The Labute approximate surface area is 191 Å². The van der Waals surface area contributed by atoms with E-state index in [1.807, 2.05) is 36.7 Å². The second-order valence-corrected chi connectivity index (χ2v) is 9.24. The minimum absolute atomic E-state index is 0.195. The van der Waals surface area contributed by atoms with Crippen molar-refractivity contribution in [1.82, 2.24) is 25.0 Å². The maximum atomic E-state index is 12.8. The molecule has 0 spiro atoms. The third-order valence-corrected chi connectivity index (χ3v) is 6.52. The van der Waals surface area contributed by atoms with Gasteiger partial charge in [-0.05, 0) is 64.9 Å². The number of fused-ring (bicyclic) bond motifs is 1. The Hall–Kier alpha value is -3.04. The van der Waals surface area contributed by atoms with Gasteiger partial charge in [-0.1, -0.05) is 6.08 Å². The van der Waals surface area contributed by atoms with Crippen LogP contribution >= 0.6 is 11.3 Å². The largest absolute Gasteiger partial charge is 0.349 e. The van der Waals surface area contributed by atoms with Crippen LogP contribution in [-0.2, 0) is 0 Å². The summed E-state index contributed by atoms with van der Waals surface area (Å²) in [5, 5.41) is 11.4. The van der Waals surface area contributed by atoms with Crippen LogP contribution in [0.15, 0.2) is 30.5 Å². The molecule has 0 unspecified atom stereocenters. The number of pyridine rings is 1. The highest BCUT2D eigenvalue weighted by Crippen LogP contribution is 2.33. The fraction of sp³-hybridized carbons (Fsp3) is 0.391. The van der Waals surface area contributed by atoms with Crippen molar-refractivity contribution >= 4 is 44.8 Å². The second-order valence-electron chi connectivity index (χ2n) is 8.21. The van der Waals surface area contributed by atoms with Gasteiger partial charge < -0.3 is 15.5 Å². The molecule has 3 heterocycles. The van der Waals surface area contributed by atoms with Gasteiger partial charge in [0, 0.05) is 24.2 Å². The highest BCUT2D eigenvalue weighted by atomic mass is 32.1. The van der Waals surface area contributed by atoms with Gasteiger partial charge in [-0.3, -0.25) is 9.59 Å². The molecular formula is C23H28N6O2S. The molecule has 4 rings (SSSR count). The van der Waals surface area contributed by atoms with Crippen LogP contribution in [0.2, 0.25) is 0 Å². The van der Waals surface area contributed by atoms with Crippen LogP contribution in [0, 0.1) is 6.92 Å². The van der Waals surface area contributed by atoms with Gasteiger partial charge in [-0.15, -0.1) is 11.3 Å². The Bertz CT molecular complexity index is 1160. The van der Waals surface area contributed by atoms with Gasteiger partial charge in [-0.25, -0.2) is 9.67 Å². The fourth-order valence-electron chi connectivity index (χ4n) is 3.65. The zero-order valence-corrected chi connectivity index (χ0v) is 19.5. The normalized spacial score (nSPS) is 13.9. The van der Waals surface area contributed by atoms with E-state index >= 15 is 0 Å². The predicted octanol–water partition coefficient (Wildman–Crippen LogP) is 3.76. The van der Waals surface area contributed by atoms with Crippen LogP contribution in [0.4, 0.5) is 5.69 Å². The summed E-state index contributed by atoms with van der Waals surface area (Å²) in [6.07, 6.45) is 8.23. The number of anilines is 1. The quantitative estimate of drug-likeness (QED) is 0.569. The van der Waals surface area contributed by atoms with Crippen molar-refractivity contribution in [3.63, 3.8) is 0 Å². The van der Waals surface area contributed by atoms with Crippen LogP contribution < -0.4 is 10.6 Å². The van der Waals surface area contributed by atoms with Crippen molar-refractivity contribution in [2.75, 3.05) is 32.5 Å². The average Bonchev–Trinajstić information content (AvgIpc) is 3.35. The lowest BCUT2D eigenvalue weighted by molar-refractivity contribution is 0.0945.